The molecule has 1 fully saturated rings. The molecule has 0 bridgehead atoms. The van der Waals surface area contributed by atoms with E-state index >= 15 is 0 Å². The van der Waals surface area contributed by atoms with E-state index in [-0.39, 0.29) is 24.2 Å². The van der Waals surface area contributed by atoms with Crippen LogP contribution in [0, 0.1) is 11.3 Å². The summed E-state index contributed by atoms with van der Waals surface area (Å²) in [4.78, 5) is 36.6. The van der Waals surface area contributed by atoms with Gasteiger partial charge >= 0.3 is 11.9 Å². The lowest BCUT2D eigenvalue weighted by molar-refractivity contribution is -0.162. The Morgan fingerprint density at radius 1 is 1.19 bits per heavy atom. The zero-order chi connectivity index (χ0) is 20.7. The molecule has 2 atom stereocenters. The first-order valence-electron chi connectivity index (χ1n) is 9.89. The number of carboxylic acid groups (broad SMARTS) is 1. The average Bonchev–Trinajstić information content (AvgIpc) is 3.01. The summed E-state index contributed by atoms with van der Waals surface area (Å²) in [7, 11) is 0. The van der Waals surface area contributed by atoms with Gasteiger partial charge in [0.05, 0.1) is 30.4 Å². The summed E-state index contributed by atoms with van der Waals surface area (Å²) in [5, 5.41) is 21.0. The summed E-state index contributed by atoms with van der Waals surface area (Å²) >= 11 is 0. The van der Waals surface area contributed by atoms with E-state index < -0.39 is 29.6 Å². The average molecular weight is 386 g/mol. The Morgan fingerprint density at radius 2 is 1.78 bits per heavy atom. The van der Waals surface area contributed by atoms with E-state index in [1.807, 2.05) is 27.7 Å². The van der Waals surface area contributed by atoms with Crippen LogP contribution in [-0.4, -0.2) is 46.3 Å². The molecule has 1 aliphatic carbocycles. The van der Waals surface area contributed by atoms with Gasteiger partial charge < -0.3 is 20.3 Å². The van der Waals surface area contributed by atoms with Gasteiger partial charge in [-0.25, -0.2) is 0 Å². The molecule has 0 aliphatic heterocycles. The van der Waals surface area contributed by atoms with Gasteiger partial charge in [0.1, 0.15) is 5.60 Å². The van der Waals surface area contributed by atoms with Crippen LogP contribution in [0.15, 0.2) is 0 Å². The fraction of sp³-hybridized carbons (Fsp3) is 0.850. The van der Waals surface area contributed by atoms with Crippen molar-refractivity contribution in [2.75, 3.05) is 6.61 Å². The van der Waals surface area contributed by atoms with E-state index in [1.54, 1.807) is 0 Å². The fourth-order valence-corrected chi connectivity index (χ4v) is 3.79. The fourth-order valence-electron chi connectivity index (χ4n) is 3.79. The van der Waals surface area contributed by atoms with Gasteiger partial charge in [-0.2, -0.15) is 0 Å². The Morgan fingerprint density at radius 3 is 2.22 bits per heavy atom. The Balaban J connectivity index is 2.94. The second-order valence-electron chi connectivity index (χ2n) is 8.66. The van der Waals surface area contributed by atoms with Crippen LogP contribution < -0.4 is 5.32 Å². The first-order chi connectivity index (χ1) is 12.5. The van der Waals surface area contributed by atoms with Crippen LogP contribution in [0.1, 0.15) is 79.1 Å². The summed E-state index contributed by atoms with van der Waals surface area (Å²) in [5.41, 5.74) is -1.29. The minimum Gasteiger partial charge on any atom is -0.481 e. The molecule has 0 heterocycles. The maximum absolute atomic E-state index is 13.0. The minimum absolute atomic E-state index is 0.259. The molecule has 0 aromatic rings. The van der Waals surface area contributed by atoms with E-state index in [1.165, 1.54) is 0 Å². The van der Waals surface area contributed by atoms with Crippen molar-refractivity contribution in [3.05, 3.63) is 0 Å². The third kappa shape index (κ3) is 7.48. The lowest BCUT2D eigenvalue weighted by Crippen LogP contribution is -2.48. The number of carbonyl (C=O) groups excluding carboxylic acids is 2. The highest BCUT2D eigenvalue weighted by Crippen LogP contribution is 2.44. The summed E-state index contributed by atoms with van der Waals surface area (Å²) in [6.45, 7) is 7.03. The van der Waals surface area contributed by atoms with Gasteiger partial charge in [0.2, 0.25) is 5.91 Å². The number of aliphatic hydroxyl groups excluding tert-OH is 1. The first-order valence-corrected chi connectivity index (χ1v) is 9.89. The molecule has 1 amide bonds. The molecule has 0 spiro atoms. The van der Waals surface area contributed by atoms with Gasteiger partial charge in [-0.05, 0) is 46.5 Å². The molecular formula is C20H35NO6. The van der Waals surface area contributed by atoms with E-state index in [4.69, 9.17) is 9.84 Å². The highest BCUT2D eigenvalue weighted by Gasteiger charge is 2.45. The van der Waals surface area contributed by atoms with Crippen molar-refractivity contribution in [1.82, 2.24) is 5.32 Å². The van der Waals surface area contributed by atoms with Crippen molar-refractivity contribution < 1.29 is 29.3 Å². The maximum Gasteiger partial charge on any atom is 0.309 e. The standard InChI is InChI=1S/C20H35NO6/c1-5-8-14(17(25)27-19(2,3)4)12-20(9-6-7-10-20)18(26)21-15(13-22)11-16(23)24/h14-15,22H,5-13H2,1-4H3,(H,21,26)(H,23,24). The smallest absolute Gasteiger partial charge is 0.309 e. The summed E-state index contributed by atoms with van der Waals surface area (Å²) in [5.74, 6) is -1.99. The zero-order valence-corrected chi connectivity index (χ0v) is 17.0. The van der Waals surface area contributed by atoms with Crippen LogP contribution in [0.4, 0.5) is 0 Å². The zero-order valence-electron chi connectivity index (χ0n) is 17.0. The second kappa shape index (κ2) is 10.1. The molecule has 7 nitrogen and oxygen atoms in total. The number of esters is 1. The topological polar surface area (TPSA) is 113 Å². The van der Waals surface area contributed by atoms with Crippen molar-refractivity contribution in [2.24, 2.45) is 11.3 Å². The van der Waals surface area contributed by atoms with Crippen molar-refractivity contribution in [2.45, 2.75) is 90.7 Å². The monoisotopic (exact) mass is 385 g/mol. The number of aliphatic hydroxyl groups is 1. The number of hydrogen-bond donors (Lipinski definition) is 3. The largest absolute Gasteiger partial charge is 0.481 e. The lowest BCUT2D eigenvalue weighted by atomic mass is 9.75. The molecule has 3 N–H and O–H groups in total. The molecule has 27 heavy (non-hydrogen) atoms. The third-order valence-electron chi connectivity index (χ3n) is 5.03. The van der Waals surface area contributed by atoms with E-state index in [0.29, 0.717) is 25.7 Å². The molecule has 0 aromatic carbocycles. The van der Waals surface area contributed by atoms with Gasteiger partial charge in [-0.3, -0.25) is 14.4 Å². The van der Waals surface area contributed by atoms with Gasteiger partial charge in [-0.15, -0.1) is 0 Å². The van der Waals surface area contributed by atoms with Crippen LogP contribution in [-0.2, 0) is 19.1 Å². The van der Waals surface area contributed by atoms with Gasteiger partial charge in [-0.1, -0.05) is 26.2 Å². The van der Waals surface area contributed by atoms with Crippen molar-refractivity contribution in [1.29, 1.82) is 0 Å². The lowest BCUT2D eigenvalue weighted by Gasteiger charge is -2.33. The SMILES string of the molecule is CCCC(CC1(C(=O)NC(CO)CC(=O)O)CCCC1)C(=O)OC(C)(C)C. The van der Waals surface area contributed by atoms with Crippen LogP contribution >= 0.6 is 0 Å². The molecule has 1 aliphatic rings. The van der Waals surface area contributed by atoms with E-state index in [0.717, 1.165) is 19.3 Å². The van der Waals surface area contributed by atoms with Gasteiger partial charge in [0.15, 0.2) is 0 Å². The molecule has 7 heteroatoms. The molecule has 1 rings (SSSR count). The van der Waals surface area contributed by atoms with E-state index in [9.17, 15) is 19.5 Å². The number of rotatable bonds is 10. The van der Waals surface area contributed by atoms with Crippen molar-refractivity contribution in [3.63, 3.8) is 0 Å². The quantitative estimate of drug-likeness (QED) is 0.498. The number of aliphatic carboxylic acids is 1. The highest BCUT2D eigenvalue weighted by molar-refractivity contribution is 5.85. The van der Waals surface area contributed by atoms with Crippen LogP contribution in [0.5, 0.6) is 0 Å². The Hall–Kier alpha value is -1.63. The Labute approximate surface area is 161 Å². The summed E-state index contributed by atoms with van der Waals surface area (Å²) in [6, 6.07) is -0.821. The van der Waals surface area contributed by atoms with Gasteiger partial charge in [0.25, 0.3) is 0 Å². The van der Waals surface area contributed by atoms with Crippen LogP contribution in [0.2, 0.25) is 0 Å². The Kier molecular flexibility index (Phi) is 8.72. The summed E-state index contributed by atoms with van der Waals surface area (Å²) in [6.07, 6.45) is 4.62. The molecule has 0 radical (unpaired) electrons. The predicted molar refractivity (Wildman–Crippen MR) is 101 cm³/mol. The molecule has 0 saturated heterocycles. The molecule has 1 saturated carbocycles. The first kappa shape index (κ1) is 23.4. The number of carboxylic acids is 1. The summed E-state index contributed by atoms with van der Waals surface area (Å²) < 4.78 is 5.55. The number of nitrogens with one attached hydrogen (secondary N) is 1. The minimum atomic E-state index is -1.08. The van der Waals surface area contributed by atoms with Crippen molar-refractivity contribution >= 4 is 17.8 Å². The van der Waals surface area contributed by atoms with Gasteiger partial charge in [0, 0.05) is 0 Å². The number of amides is 1. The Bertz CT molecular complexity index is 519. The predicted octanol–water partition coefficient (Wildman–Crippen LogP) is 2.65. The second-order valence-corrected chi connectivity index (χ2v) is 8.66. The third-order valence-corrected chi connectivity index (χ3v) is 5.03. The van der Waals surface area contributed by atoms with Crippen molar-refractivity contribution in [3.8, 4) is 0 Å². The molecule has 156 valence electrons. The number of hydrogen-bond acceptors (Lipinski definition) is 5. The van der Waals surface area contributed by atoms with Crippen LogP contribution in [0.3, 0.4) is 0 Å². The highest BCUT2D eigenvalue weighted by atomic mass is 16.6. The normalized spacial score (nSPS) is 18.6. The van der Waals surface area contributed by atoms with E-state index in [2.05, 4.69) is 5.32 Å². The number of carbonyl (C=O) groups is 3. The van der Waals surface area contributed by atoms with Crippen LogP contribution in [0.25, 0.3) is 0 Å². The maximum atomic E-state index is 13.0. The number of ether oxygens (including phenoxy) is 1. The molecule has 0 aromatic heterocycles. The molecular weight excluding hydrogens is 350 g/mol. The molecule has 2 unspecified atom stereocenters.